The van der Waals surface area contributed by atoms with Gasteiger partial charge in [0, 0.05) is 26.3 Å². The number of nitrogens with one attached hydrogen (secondary N) is 1. The first kappa shape index (κ1) is 14.5. The van der Waals surface area contributed by atoms with E-state index < -0.39 is 0 Å². The third-order valence-electron chi connectivity index (χ3n) is 4.20. The van der Waals surface area contributed by atoms with Crippen LogP contribution < -0.4 is 5.32 Å². The molecule has 0 heterocycles. The fourth-order valence-electron chi connectivity index (χ4n) is 2.54. The molecule has 1 aromatic rings. The van der Waals surface area contributed by atoms with Gasteiger partial charge in [0.1, 0.15) is 5.82 Å². The second kappa shape index (κ2) is 6.49. The predicted molar refractivity (Wildman–Crippen MR) is 75.6 cm³/mol. The fraction of sp³-hybridized carbons (Fsp3) is 0.625. The van der Waals surface area contributed by atoms with E-state index in [1.54, 1.807) is 7.11 Å². The van der Waals surface area contributed by atoms with Crippen molar-refractivity contribution in [3.05, 3.63) is 35.6 Å². The minimum Gasteiger partial charge on any atom is -0.385 e. The van der Waals surface area contributed by atoms with Crippen LogP contribution in [0.15, 0.2) is 24.3 Å². The van der Waals surface area contributed by atoms with Crippen LogP contribution in [0.1, 0.15) is 44.2 Å². The van der Waals surface area contributed by atoms with E-state index in [1.807, 2.05) is 12.1 Å². The van der Waals surface area contributed by atoms with Gasteiger partial charge in [0.15, 0.2) is 0 Å². The Morgan fingerprint density at radius 2 is 2.00 bits per heavy atom. The summed E-state index contributed by atoms with van der Waals surface area (Å²) in [5.74, 6) is -0.169. The minimum atomic E-state index is -0.169. The highest BCUT2D eigenvalue weighted by Gasteiger charge is 2.41. The Morgan fingerprint density at radius 3 is 2.53 bits per heavy atom. The minimum absolute atomic E-state index is 0.169. The van der Waals surface area contributed by atoms with Crippen molar-refractivity contribution in [2.24, 2.45) is 5.41 Å². The molecule has 1 atom stereocenters. The molecule has 2 nitrogen and oxygen atoms in total. The summed E-state index contributed by atoms with van der Waals surface area (Å²) >= 11 is 0. The molecule has 0 amide bonds. The zero-order valence-corrected chi connectivity index (χ0v) is 11.9. The van der Waals surface area contributed by atoms with Gasteiger partial charge in [-0.2, -0.15) is 0 Å². The fourth-order valence-corrected chi connectivity index (χ4v) is 2.54. The molecule has 106 valence electrons. The van der Waals surface area contributed by atoms with Crippen molar-refractivity contribution in [1.82, 2.24) is 5.32 Å². The molecule has 0 bridgehead atoms. The van der Waals surface area contributed by atoms with Crippen LogP contribution >= 0.6 is 0 Å². The van der Waals surface area contributed by atoms with Crippen LogP contribution in [-0.2, 0) is 4.74 Å². The van der Waals surface area contributed by atoms with Crippen molar-refractivity contribution >= 4 is 0 Å². The number of ether oxygens (including phenoxy) is 1. The molecular formula is C16H24FNO. The molecule has 1 aromatic carbocycles. The first-order valence-electron chi connectivity index (χ1n) is 7.17. The van der Waals surface area contributed by atoms with Crippen molar-refractivity contribution < 1.29 is 9.13 Å². The van der Waals surface area contributed by atoms with E-state index in [2.05, 4.69) is 12.2 Å². The molecule has 0 aliphatic heterocycles. The lowest BCUT2D eigenvalue weighted by molar-refractivity contribution is 0.170. The molecule has 0 spiro atoms. The summed E-state index contributed by atoms with van der Waals surface area (Å²) < 4.78 is 18.1. The Morgan fingerprint density at radius 1 is 1.32 bits per heavy atom. The van der Waals surface area contributed by atoms with Crippen LogP contribution in [0.2, 0.25) is 0 Å². The summed E-state index contributed by atoms with van der Waals surface area (Å²) in [6.45, 7) is 4.04. The Kier molecular flexibility index (Phi) is 4.94. The highest BCUT2D eigenvalue weighted by molar-refractivity contribution is 5.20. The van der Waals surface area contributed by atoms with Gasteiger partial charge in [-0.05, 0) is 48.8 Å². The number of methoxy groups -OCH3 is 1. The highest BCUT2D eigenvalue weighted by Crippen LogP contribution is 2.48. The Hall–Kier alpha value is -0.930. The second-order valence-electron chi connectivity index (χ2n) is 5.64. The molecule has 1 N–H and O–H groups in total. The number of rotatable bonds is 8. The molecule has 1 saturated carbocycles. The van der Waals surface area contributed by atoms with Crippen LogP contribution in [-0.4, -0.2) is 20.3 Å². The SMILES string of the molecule is CCC(NCC1(CCOC)CC1)c1ccc(F)cc1. The quantitative estimate of drug-likeness (QED) is 0.774. The molecule has 1 aliphatic rings. The molecule has 0 saturated heterocycles. The molecule has 3 heteroatoms. The summed E-state index contributed by atoms with van der Waals surface area (Å²) in [6.07, 6.45) is 4.74. The van der Waals surface area contributed by atoms with E-state index in [-0.39, 0.29) is 5.82 Å². The van der Waals surface area contributed by atoms with Gasteiger partial charge in [-0.15, -0.1) is 0 Å². The summed E-state index contributed by atoms with van der Waals surface area (Å²) in [4.78, 5) is 0. The monoisotopic (exact) mass is 265 g/mol. The van der Waals surface area contributed by atoms with Crippen LogP contribution in [0.25, 0.3) is 0 Å². The van der Waals surface area contributed by atoms with Crippen LogP contribution in [0.5, 0.6) is 0 Å². The largest absolute Gasteiger partial charge is 0.385 e. The van der Waals surface area contributed by atoms with Crippen LogP contribution in [0, 0.1) is 11.2 Å². The first-order valence-corrected chi connectivity index (χ1v) is 7.17. The lowest BCUT2D eigenvalue weighted by Crippen LogP contribution is -2.28. The highest BCUT2D eigenvalue weighted by atomic mass is 19.1. The van der Waals surface area contributed by atoms with Gasteiger partial charge in [0.05, 0.1) is 0 Å². The number of benzene rings is 1. The third kappa shape index (κ3) is 4.02. The van der Waals surface area contributed by atoms with E-state index in [1.165, 1.54) is 30.5 Å². The van der Waals surface area contributed by atoms with Crippen molar-refractivity contribution in [1.29, 1.82) is 0 Å². The topological polar surface area (TPSA) is 21.3 Å². The van der Waals surface area contributed by atoms with Crippen molar-refractivity contribution in [3.63, 3.8) is 0 Å². The number of hydrogen-bond acceptors (Lipinski definition) is 2. The maximum atomic E-state index is 12.9. The normalized spacial score (nSPS) is 18.3. The third-order valence-corrected chi connectivity index (χ3v) is 4.20. The van der Waals surface area contributed by atoms with Crippen molar-refractivity contribution in [3.8, 4) is 0 Å². The summed E-state index contributed by atoms with van der Waals surface area (Å²) in [5, 5.41) is 3.64. The zero-order chi connectivity index (χ0) is 13.7. The molecule has 0 radical (unpaired) electrons. The van der Waals surface area contributed by atoms with Gasteiger partial charge in [-0.3, -0.25) is 0 Å². The first-order chi connectivity index (χ1) is 9.19. The Labute approximate surface area is 115 Å². The number of halogens is 1. The summed E-state index contributed by atoms with van der Waals surface area (Å²) in [5.41, 5.74) is 1.62. The van der Waals surface area contributed by atoms with Gasteiger partial charge >= 0.3 is 0 Å². The van der Waals surface area contributed by atoms with E-state index in [0.29, 0.717) is 11.5 Å². The van der Waals surface area contributed by atoms with Gasteiger partial charge < -0.3 is 10.1 Å². The van der Waals surface area contributed by atoms with Gasteiger partial charge in [0.25, 0.3) is 0 Å². The molecule has 2 rings (SSSR count). The van der Waals surface area contributed by atoms with Crippen LogP contribution in [0.4, 0.5) is 4.39 Å². The summed E-state index contributed by atoms with van der Waals surface area (Å²) in [6, 6.07) is 7.16. The van der Waals surface area contributed by atoms with E-state index >= 15 is 0 Å². The molecule has 0 aromatic heterocycles. The average Bonchev–Trinajstić information content (AvgIpc) is 3.20. The predicted octanol–water partition coefficient (Wildman–Crippen LogP) is 3.68. The molecular weight excluding hydrogens is 241 g/mol. The number of hydrogen-bond donors (Lipinski definition) is 1. The average molecular weight is 265 g/mol. The zero-order valence-electron chi connectivity index (χ0n) is 11.9. The Bertz CT molecular complexity index is 386. The lowest BCUT2D eigenvalue weighted by atomic mass is 10.00. The van der Waals surface area contributed by atoms with E-state index in [4.69, 9.17) is 4.74 Å². The van der Waals surface area contributed by atoms with E-state index in [0.717, 1.165) is 26.0 Å². The second-order valence-corrected chi connectivity index (χ2v) is 5.64. The van der Waals surface area contributed by atoms with Gasteiger partial charge in [-0.1, -0.05) is 19.1 Å². The lowest BCUT2D eigenvalue weighted by Gasteiger charge is -2.22. The van der Waals surface area contributed by atoms with Gasteiger partial charge in [0.2, 0.25) is 0 Å². The molecule has 19 heavy (non-hydrogen) atoms. The summed E-state index contributed by atoms with van der Waals surface area (Å²) in [7, 11) is 1.76. The van der Waals surface area contributed by atoms with Crippen molar-refractivity contribution in [2.75, 3.05) is 20.3 Å². The molecule has 1 unspecified atom stereocenters. The maximum Gasteiger partial charge on any atom is 0.123 e. The van der Waals surface area contributed by atoms with E-state index in [9.17, 15) is 4.39 Å². The maximum absolute atomic E-state index is 12.9. The molecule has 1 fully saturated rings. The van der Waals surface area contributed by atoms with Crippen molar-refractivity contribution in [2.45, 2.75) is 38.6 Å². The van der Waals surface area contributed by atoms with Crippen LogP contribution in [0.3, 0.4) is 0 Å². The standard InChI is InChI=1S/C16H24FNO/c1-3-15(13-4-6-14(17)7-5-13)18-12-16(8-9-16)10-11-19-2/h4-7,15,18H,3,8-12H2,1-2H3. The Balaban J connectivity index is 1.87. The van der Waals surface area contributed by atoms with Gasteiger partial charge in [-0.25, -0.2) is 4.39 Å². The smallest absolute Gasteiger partial charge is 0.123 e. The molecule has 1 aliphatic carbocycles.